The first-order valence-electron chi connectivity index (χ1n) is 6.84. The molecule has 21 heavy (non-hydrogen) atoms. The number of nitrogens with zero attached hydrogens (tertiary/aromatic N) is 1. The summed E-state index contributed by atoms with van der Waals surface area (Å²) in [7, 11) is 1.61. The summed E-state index contributed by atoms with van der Waals surface area (Å²) >= 11 is 3.55. The van der Waals surface area contributed by atoms with Crippen molar-refractivity contribution >= 4 is 15.9 Å². The average Bonchev–Trinajstić information content (AvgIpc) is 2.52. The predicted octanol–water partition coefficient (Wildman–Crippen LogP) is 3.54. The molecular formula is C16H19BrN2O2. The Morgan fingerprint density at radius 1 is 1.29 bits per heavy atom. The van der Waals surface area contributed by atoms with E-state index in [0.717, 1.165) is 28.9 Å². The van der Waals surface area contributed by atoms with Crippen LogP contribution in [0.4, 0.5) is 0 Å². The van der Waals surface area contributed by atoms with Crippen molar-refractivity contribution in [2.75, 3.05) is 13.7 Å². The maximum atomic E-state index is 5.84. The van der Waals surface area contributed by atoms with Gasteiger partial charge in [-0.1, -0.05) is 13.0 Å². The Morgan fingerprint density at radius 3 is 2.86 bits per heavy atom. The van der Waals surface area contributed by atoms with E-state index in [1.807, 2.05) is 18.2 Å². The highest BCUT2D eigenvalue weighted by Gasteiger charge is 2.07. The first kappa shape index (κ1) is 15.8. The number of halogens is 1. The van der Waals surface area contributed by atoms with E-state index in [1.54, 1.807) is 13.3 Å². The first-order chi connectivity index (χ1) is 10.2. The van der Waals surface area contributed by atoms with Gasteiger partial charge in [0, 0.05) is 12.7 Å². The number of hydrogen-bond acceptors (Lipinski definition) is 4. The average molecular weight is 351 g/mol. The van der Waals surface area contributed by atoms with Gasteiger partial charge in [-0.15, -0.1) is 0 Å². The van der Waals surface area contributed by atoms with Crippen LogP contribution in [0.3, 0.4) is 0 Å². The fraction of sp³-hybridized carbons (Fsp3) is 0.312. The van der Waals surface area contributed by atoms with Crippen molar-refractivity contribution in [1.82, 2.24) is 10.3 Å². The summed E-state index contributed by atoms with van der Waals surface area (Å²) in [6.07, 6.45) is 1.70. The normalized spacial score (nSPS) is 10.4. The number of methoxy groups -OCH3 is 1. The molecule has 0 aliphatic heterocycles. The van der Waals surface area contributed by atoms with Crippen LogP contribution in [0, 0.1) is 0 Å². The molecule has 0 saturated carbocycles. The lowest BCUT2D eigenvalue weighted by Crippen LogP contribution is -2.11. The second-order valence-corrected chi connectivity index (χ2v) is 5.36. The second kappa shape index (κ2) is 8.00. The molecule has 0 saturated heterocycles. The summed E-state index contributed by atoms with van der Waals surface area (Å²) < 4.78 is 12.0. The van der Waals surface area contributed by atoms with Gasteiger partial charge in [0.1, 0.15) is 12.4 Å². The molecule has 0 amide bonds. The molecule has 0 fully saturated rings. The summed E-state index contributed by atoms with van der Waals surface area (Å²) in [4.78, 5) is 4.16. The van der Waals surface area contributed by atoms with E-state index in [4.69, 9.17) is 9.47 Å². The topological polar surface area (TPSA) is 43.4 Å². The standard InChI is InChI=1S/C16H19BrN2O2/c1-3-18-10-12-6-7-15(14(17)9-12)21-11-13-5-4-8-19-16(13)20-2/h4-9,18H,3,10-11H2,1-2H3. The van der Waals surface area contributed by atoms with Crippen molar-refractivity contribution in [2.24, 2.45) is 0 Å². The highest BCUT2D eigenvalue weighted by Crippen LogP contribution is 2.27. The van der Waals surface area contributed by atoms with Gasteiger partial charge < -0.3 is 14.8 Å². The van der Waals surface area contributed by atoms with Gasteiger partial charge in [-0.25, -0.2) is 4.98 Å². The van der Waals surface area contributed by atoms with Crippen molar-refractivity contribution in [2.45, 2.75) is 20.1 Å². The zero-order chi connectivity index (χ0) is 15.1. The lowest BCUT2D eigenvalue weighted by Gasteiger charge is -2.11. The van der Waals surface area contributed by atoms with Crippen LogP contribution < -0.4 is 14.8 Å². The number of pyridine rings is 1. The van der Waals surface area contributed by atoms with E-state index in [0.29, 0.717) is 12.5 Å². The number of hydrogen-bond donors (Lipinski definition) is 1. The molecule has 1 N–H and O–H groups in total. The Balaban J connectivity index is 2.03. The van der Waals surface area contributed by atoms with Gasteiger partial charge in [0.25, 0.3) is 0 Å². The number of nitrogens with one attached hydrogen (secondary N) is 1. The number of rotatable bonds is 7. The van der Waals surface area contributed by atoms with E-state index in [-0.39, 0.29) is 0 Å². The Kier molecular flexibility index (Phi) is 6.02. The fourth-order valence-electron chi connectivity index (χ4n) is 1.91. The predicted molar refractivity (Wildman–Crippen MR) is 86.6 cm³/mol. The van der Waals surface area contributed by atoms with E-state index in [2.05, 4.69) is 45.3 Å². The van der Waals surface area contributed by atoms with Crippen molar-refractivity contribution < 1.29 is 9.47 Å². The zero-order valence-electron chi connectivity index (χ0n) is 12.2. The molecule has 1 heterocycles. The van der Waals surface area contributed by atoms with Crippen LogP contribution in [-0.2, 0) is 13.2 Å². The third-order valence-corrected chi connectivity index (χ3v) is 3.62. The van der Waals surface area contributed by atoms with Crippen LogP contribution in [-0.4, -0.2) is 18.6 Å². The first-order valence-corrected chi connectivity index (χ1v) is 7.63. The summed E-state index contributed by atoms with van der Waals surface area (Å²) in [5.74, 6) is 1.40. The Hall–Kier alpha value is -1.59. The summed E-state index contributed by atoms with van der Waals surface area (Å²) in [5, 5.41) is 3.30. The Morgan fingerprint density at radius 2 is 2.14 bits per heavy atom. The summed E-state index contributed by atoms with van der Waals surface area (Å²) in [5.41, 5.74) is 2.14. The van der Waals surface area contributed by atoms with Crippen LogP contribution in [0.25, 0.3) is 0 Å². The minimum absolute atomic E-state index is 0.419. The molecule has 112 valence electrons. The molecule has 0 atom stereocenters. The summed E-state index contributed by atoms with van der Waals surface area (Å²) in [6, 6.07) is 9.91. The lowest BCUT2D eigenvalue weighted by atomic mass is 10.2. The quantitative estimate of drug-likeness (QED) is 0.829. The zero-order valence-corrected chi connectivity index (χ0v) is 13.8. The van der Waals surface area contributed by atoms with Gasteiger partial charge in [0.15, 0.2) is 0 Å². The maximum absolute atomic E-state index is 5.84. The number of benzene rings is 1. The molecular weight excluding hydrogens is 332 g/mol. The monoisotopic (exact) mass is 350 g/mol. The van der Waals surface area contributed by atoms with E-state index in [1.165, 1.54) is 5.56 Å². The Bertz CT molecular complexity index is 590. The van der Waals surface area contributed by atoms with E-state index in [9.17, 15) is 0 Å². The van der Waals surface area contributed by atoms with Gasteiger partial charge in [-0.2, -0.15) is 0 Å². The number of ether oxygens (including phenoxy) is 2. The van der Waals surface area contributed by atoms with Crippen LogP contribution in [0.5, 0.6) is 11.6 Å². The molecule has 1 aromatic heterocycles. The molecule has 0 unspecified atom stereocenters. The van der Waals surface area contributed by atoms with E-state index < -0.39 is 0 Å². The maximum Gasteiger partial charge on any atom is 0.219 e. The lowest BCUT2D eigenvalue weighted by molar-refractivity contribution is 0.292. The van der Waals surface area contributed by atoms with Crippen LogP contribution in [0.1, 0.15) is 18.1 Å². The molecule has 0 aliphatic carbocycles. The molecule has 2 aromatic rings. The third kappa shape index (κ3) is 4.44. The summed E-state index contributed by atoms with van der Waals surface area (Å²) in [6.45, 7) is 4.32. The van der Waals surface area contributed by atoms with Gasteiger partial charge >= 0.3 is 0 Å². The smallest absolute Gasteiger partial charge is 0.219 e. The minimum atomic E-state index is 0.419. The highest BCUT2D eigenvalue weighted by molar-refractivity contribution is 9.10. The van der Waals surface area contributed by atoms with Crippen LogP contribution in [0.15, 0.2) is 41.0 Å². The van der Waals surface area contributed by atoms with Gasteiger partial charge in [-0.3, -0.25) is 0 Å². The molecule has 0 radical (unpaired) electrons. The molecule has 0 bridgehead atoms. The fourth-order valence-corrected chi connectivity index (χ4v) is 2.45. The van der Waals surface area contributed by atoms with Gasteiger partial charge in [0.2, 0.25) is 5.88 Å². The van der Waals surface area contributed by atoms with Crippen LogP contribution >= 0.6 is 15.9 Å². The molecule has 0 aliphatic rings. The number of aromatic nitrogens is 1. The molecule has 0 spiro atoms. The molecule has 5 heteroatoms. The second-order valence-electron chi connectivity index (χ2n) is 4.51. The van der Waals surface area contributed by atoms with Crippen molar-refractivity contribution in [1.29, 1.82) is 0 Å². The van der Waals surface area contributed by atoms with Crippen molar-refractivity contribution in [3.8, 4) is 11.6 Å². The minimum Gasteiger partial charge on any atom is -0.488 e. The van der Waals surface area contributed by atoms with Crippen LogP contribution in [0.2, 0.25) is 0 Å². The van der Waals surface area contributed by atoms with Gasteiger partial charge in [-0.05, 0) is 52.3 Å². The largest absolute Gasteiger partial charge is 0.488 e. The molecule has 4 nitrogen and oxygen atoms in total. The third-order valence-electron chi connectivity index (χ3n) is 3.00. The molecule has 2 rings (SSSR count). The van der Waals surface area contributed by atoms with Crippen molar-refractivity contribution in [3.05, 3.63) is 52.1 Å². The molecule has 1 aromatic carbocycles. The SMILES string of the molecule is CCNCc1ccc(OCc2cccnc2OC)c(Br)c1. The van der Waals surface area contributed by atoms with Crippen molar-refractivity contribution in [3.63, 3.8) is 0 Å². The van der Waals surface area contributed by atoms with E-state index >= 15 is 0 Å². The Labute approximate surface area is 133 Å². The van der Waals surface area contributed by atoms with Gasteiger partial charge in [0.05, 0.1) is 17.1 Å². The highest BCUT2D eigenvalue weighted by atomic mass is 79.9.